The van der Waals surface area contributed by atoms with E-state index in [0.29, 0.717) is 12.8 Å². The molecule has 0 aliphatic rings. The SMILES string of the molecule is O=C(/C=C/C(=O)OCCCC(O)O)OCCCC(O)O. The number of aliphatic hydroxyl groups excluding tert-OH is 2. The zero-order valence-corrected chi connectivity index (χ0v) is 11.0. The smallest absolute Gasteiger partial charge is 0.331 e. The highest BCUT2D eigenvalue weighted by Crippen LogP contribution is 1.96. The summed E-state index contributed by atoms with van der Waals surface area (Å²) in [6.07, 6.45) is -0.285. The van der Waals surface area contributed by atoms with Crippen LogP contribution in [0.5, 0.6) is 0 Å². The monoisotopic (exact) mass is 292 g/mol. The normalized spacial score (nSPS) is 11.3. The van der Waals surface area contributed by atoms with E-state index in [0.717, 1.165) is 12.2 Å². The van der Waals surface area contributed by atoms with Gasteiger partial charge in [0.05, 0.1) is 13.2 Å². The third-order valence-corrected chi connectivity index (χ3v) is 2.06. The van der Waals surface area contributed by atoms with Gasteiger partial charge in [-0.1, -0.05) is 0 Å². The number of ether oxygens (including phenoxy) is 2. The van der Waals surface area contributed by atoms with Crippen molar-refractivity contribution in [2.45, 2.75) is 38.3 Å². The molecule has 8 heteroatoms. The summed E-state index contributed by atoms with van der Waals surface area (Å²) < 4.78 is 9.36. The molecule has 0 unspecified atom stereocenters. The van der Waals surface area contributed by atoms with Gasteiger partial charge in [-0.2, -0.15) is 0 Å². The first kappa shape index (κ1) is 18.5. The van der Waals surface area contributed by atoms with Gasteiger partial charge in [-0.05, 0) is 12.8 Å². The van der Waals surface area contributed by atoms with Crippen molar-refractivity contribution in [3.63, 3.8) is 0 Å². The fourth-order valence-electron chi connectivity index (χ4n) is 1.11. The van der Waals surface area contributed by atoms with E-state index in [1.807, 2.05) is 0 Å². The minimum absolute atomic E-state index is 0.0181. The van der Waals surface area contributed by atoms with Gasteiger partial charge < -0.3 is 29.9 Å². The van der Waals surface area contributed by atoms with Gasteiger partial charge in [-0.3, -0.25) is 0 Å². The third-order valence-electron chi connectivity index (χ3n) is 2.06. The molecule has 4 N–H and O–H groups in total. The minimum Gasteiger partial charge on any atom is -0.463 e. The number of rotatable bonds is 10. The summed E-state index contributed by atoms with van der Waals surface area (Å²) >= 11 is 0. The lowest BCUT2D eigenvalue weighted by atomic mass is 10.3. The summed E-state index contributed by atoms with van der Waals surface area (Å²) in [5.41, 5.74) is 0. The summed E-state index contributed by atoms with van der Waals surface area (Å²) in [6, 6.07) is 0. The summed E-state index contributed by atoms with van der Waals surface area (Å²) in [7, 11) is 0. The second-order valence-electron chi connectivity index (χ2n) is 3.91. The van der Waals surface area contributed by atoms with Crippen molar-refractivity contribution >= 4 is 11.9 Å². The van der Waals surface area contributed by atoms with E-state index in [4.69, 9.17) is 20.4 Å². The van der Waals surface area contributed by atoms with Crippen LogP contribution in [-0.2, 0) is 19.1 Å². The molecule has 0 rings (SSSR count). The number of carbonyl (C=O) groups excluding carboxylic acids is 2. The van der Waals surface area contributed by atoms with Crippen molar-refractivity contribution in [1.29, 1.82) is 0 Å². The molecular weight excluding hydrogens is 272 g/mol. The predicted octanol–water partition coefficient (Wildman–Crippen LogP) is -1.19. The molecule has 0 saturated heterocycles. The lowest BCUT2D eigenvalue weighted by Crippen LogP contribution is -2.10. The van der Waals surface area contributed by atoms with Crippen molar-refractivity contribution in [1.82, 2.24) is 0 Å². The van der Waals surface area contributed by atoms with Crippen LogP contribution in [0.2, 0.25) is 0 Å². The molecule has 0 amide bonds. The van der Waals surface area contributed by atoms with Crippen LogP contribution in [-0.4, -0.2) is 58.2 Å². The Morgan fingerprint density at radius 3 is 1.45 bits per heavy atom. The molecular formula is C12H20O8. The Labute approximate surface area is 116 Å². The standard InChI is InChI=1S/C12H20O8/c13-9(14)3-1-7-19-11(17)5-6-12(18)20-8-2-4-10(15)16/h5-6,9-10,13-16H,1-4,7-8H2/b6-5+. The predicted molar refractivity (Wildman–Crippen MR) is 66.0 cm³/mol. The third kappa shape index (κ3) is 13.0. The highest BCUT2D eigenvalue weighted by molar-refractivity contribution is 5.91. The molecule has 0 atom stereocenters. The molecule has 0 bridgehead atoms. The number of esters is 2. The molecule has 0 aromatic rings. The maximum Gasteiger partial charge on any atom is 0.331 e. The number of carbonyl (C=O) groups is 2. The van der Waals surface area contributed by atoms with Gasteiger partial charge in [0.15, 0.2) is 12.6 Å². The zero-order chi connectivity index (χ0) is 15.4. The summed E-state index contributed by atoms with van der Waals surface area (Å²) in [5.74, 6) is -1.47. The highest BCUT2D eigenvalue weighted by atomic mass is 16.5. The van der Waals surface area contributed by atoms with E-state index in [1.54, 1.807) is 0 Å². The Kier molecular flexibility index (Phi) is 10.5. The molecule has 116 valence electrons. The van der Waals surface area contributed by atoms with Crippen molar-refractivity contribution in [2.24, 2.45) is 0 Å². The van der Waals surface area contributed by atoms with E-state index in [-0.39, 0.29) is 26.1 Å². The summed E-state index contributed by atoms with van der Waals surface area (Å²) in [4.78, 5) is 22.2. The quantitative estimate of drug-likeness (QED) is 0.171. The number of aliphatic hydroxyl groups is 4. The molecule has 0 saturated carbocycles. The van der Waals surface area contributed by atoms with Crippen LogP contribution in [0, 0.1) is 0 Å². The Hall–Kier alpha value is -1.48. The maximum absolute atomic E-state index is 11.1. The van der Waals surface area contributed by atoms with Crippen LogP contribution >= 0.6 is 0 Å². The molecule has 20 heavy (non-hydrogen) atoms. The van der Waals surface area contributed by atoms with Crippen LogP contribution in [0.4, 0.5) is 0 Å². The molecule has 0 radical (unpaired) electrons. The van der Waals surface area contributed by atoms with Crippen LogP contribution in [0.1, 0.15) is 25.7 Å². The van der Waals surface area contributed by atoms with E-state index < -0.39 is 24.5 Å². The number of hydrogen-bond donors (Lipinski definition) is 4. The Balaban J connectivity index is 3.64. The van der Waals surface area contributed by atoms with Crippen molar-refractivity contribution < 1.29 is 39.5 Å². The topological polar surface area (TPSA) is 134 Å². The Bertz CT molecular complexity index is 281. The molecule has 0 aromatic heterocycles. The second kappa shape index (κ2) is 11.4. The molecule has 0 spiro atoms. The molecule has 0 aliphatic carbocycles. The fraction of sp³-hybridized carbons (Fsp3) is 0.667. The van der Waals surface area contributed by atoms with Gasteiger partial charge in [-0.25, -0.2) is 9.59 Å². The first-order valence-electron chi connectivity index (χ1n) is 6.15. The molecule has 0 heterocycles. The Morgan fingerprint density at radius 1 is 0.800 bits per heavy atom. The first-order valence-corrected chi connectivity index (χ1v) is 6.15. The van der Waals surface area contributed by atoms with Crippen LogP contribution in [0.25, 0.3) is 0 Å². The zero-order valence-electron chi connectivity index (χ0n) is 11.0. The summed E-state index contributed by atoms with van der Waals surface area (Å²) in [6.45, 7) is 0.0362. The molecule has 0 aliphatic heterocycles. The van der Waals surface area contributed by atoms with Crippen molar-refractivity contribution in [3.8, 4) is 0 Å². The molecule has 0 fully saturated rings. The van der Waals surface area contributed by atoms with Crippen molar-refractivity contribution in [2.75, 3.05) is 13.2 Å². The average Bonchev–Trinajstić information content (AvgIpc) is 2.37. The van der Waals surface area contributed by atoms with Crippen LogP contribution in [0.15, 0.2) is 12.2 Å². The molecule has 8 nitrogen and oxygen atoms in total. The van der Waals surface area contributed by atoms with Gasteiger partial charge in [-0.15, -0.1) is 0 Å². The van der Waals surface area contributed by atoms with Crippen molar-refractivity contribution in [3.05, 3.63) is 12.2 Å². The van der Waals surface area contributed by atoms with E-state index >= 15 is 0 Å². The first-order chi connectivity index (χ1) is 9.41. The largest absolute Gasteiger partial charge is 0.463 e. The lowest BCUT2D eigenvalue weighted by Gasteiger charge is -2.04. The number of hydrogen-bond acceptors (Lipinski definition) is 8. The highest BCUT2D eigenvalue weighted by Gasteiger charge is 2.03. The van der Waals surface area contributed by atoms with Gasteiger partial charge in [0, 0.05) is 25.0 Å². The van der Waals surface area contributed by atoms with Gasteiger partial charge in [0.2, 0.25) is 0 Å². The lowest BCUT2D eigenvalue weighted by molar-refractivity contribution is -0.141. The van der Waals surface area contributed by atoms with E-state index in [9.17, 15) is 9.59 Å². The average molecular weight is 292 g/mol. The maximum atomic E-state index is 11.1. The summed E-state index contributed by atoms with van der Waals surface area (Å²) in [5, 5.41) is 34.2. The van der Waals surface area contributed by atoms with E-state index in [1.165, 1.54) is 0 Å². The Morgan fingerprint density at radius 2 is 1.15 bits per heavy atom. The van der Waals surface area contributed by atoms with Crippen LogP contribution < -0.4 is 0 Å². The van der Waals surface area contributed by atoms with E-state index in [2.05, 4.69) is 9.47 Å². The van der Waals surface area contributed by atoms with Gasteiger partial charge in [0.25, 0.3) is 0 Å². The van der Waals surface area contributed by atoms with Gasteiger partial charge >= 0.3 is 11.9 Å². The minimum atomic E-state index is -1.43. The second-order valence-corrected chi connectivity index (χ2v) is 3.91. The fourth-order valence-corrected chi connectivity index (χ4v) is 1.11. The van der Waals surface area contributed by atoms with Crippen LogP contribution in [0.3, 0.4) is 0 Å². The van der Waals surface area contributed by atoms with Gasteiger partial charge in [0.1, 0.15) is 0 Å². The molecule has 0 aromatic carbocycles.